The number of carboxylic acid groups (broad SMARTS) is 3. The number of fused-ring (bicyclic) bond motifs is 1. The molecule has 208 valence electrons. The number of carbonyl (C=O) groups is 3. The molecule has 2 rings (SSSR count). The summed E-state index contributed by atoms with van der Waals surface area (Å²) < 4.78 is 0. The van der Waals surface area contributed by atoms with Crippen molar-refractivity contribution >= 4 is 29.7 Å². The number of rotatable bonds is 3. The largest absolute Gasteiger partial charge is 0.478 e. The minimum Gasteiger partial charge on any atom is -0.478 e. The van der Waals surface area contributed by atoms with Gasteiger partial charge in [-0.2, -0.15) is 0 Å². The van der Waals surface area contributed by atoms with Crippen molar-refractivity contribution in [2.45, 2.75) is 74.8 Å². The van der Waals surface area contributed by atoms with Crippen LogP contribution in [0.4, 0.5) is 5.69 Å². The lowest BCUT2D eigenvalue weighted by molar-refractivity contribution is -0.133. The van der Waals surface area contributed by atoms with Crippen molar-refractivity contribution in [2.75, 3.05) is 11.9 Å². The van der Waals surface area contributed by atoms with Gasteiger partial charge in [0.15, 0.2) is 0 Å². The predicted octanol–water partition coefficient (Wildman–Crippen LogP) is 7.31. The topological polar surface area (TPSA) is 115 Å². The number of aliphatic carboxylic acids is 3. The summed E-state index contributed by atoms with van der Waals surface area (Å²) >= 11 is 0. The summed E-state index contributed by atoms with van der Waals surface area (Å²) in [7, 11) is 2.15. The number of hydrogen-bond donors (Lipinski definition) is 3. The molecular weight excluding hydrogens is 470 g/mol. The molecule has 1 aromatic rings. The lowest BCUT2D eigenvalue weighted by atomic mass is 9.94. The van der Waals surface area contributed by atoms with Gasteiger partial charge in [0.25, 0.3) is 0 Å². The zero-order valence-corrected chi connectivity index (χ0v) is 24.3. The molecule has 1 heterocycles. The fraction of sp³-hybridized carbons (Fsp3) is 0.433. The molecule has 7 nitrogen and oxygen atoms in total. The summed E-state index contributed by atoms with van der Waals surface area (Å²) in [6.07, 6.45) is 3.55. The maximum Gasteiger partial charge on any atom is 0.330 e. The van der Waals surface area contributed by atoms with Crippen LogP contribution in [-0.4, -0.2) is 46.3 Å². The molecule has 1 atom stereocenters. The minimum absolute atomic E-state index is 0.176. The molecule has 0 aliphatic carbocycles. The van der Waals surface area contributed by atoms with Crippen molar-refractivity contribution in [3.8, 4) is 0 Å². The third-order valence-electron chi connectivity index (χ3n) is 5.10. The highest BCUT2D eigenvalue weighted by Gasteiger charge is 2.18. The van der Waals surface area contributed by atoms with E-state index in [1.807, 2.05) is 0 Å². The van der Waals surface area contributed by atoms with Gasteiger partial charge >= 0.3 is 17.9 Å². The fourth-order valence-electron chi connectivity index (χ4n) is 1.81. The van der Waals surface area contributed by atoms with Crippen molar-refractivity contribution in [1.82, 2.24) is 0 Å². The first-order valence-corrected chi connectivity index (χ1v) is 11.9. The molecule has 1 unspecified atom stereocenters. The number of hydrogen-bond acceptors (Lipinski definition) is 4. The van der Waals surface area contributed by atoms with E-state index in [0.717, 1.165) is 0 Å². The van der Waals surface area contributed by atoms with Gasteiger partial charge in [0.2, 0.25) is 0 Å². The second kappa shape index (κ2) is 18.6. The Hall–Kier alpha value is -3.61. The van der Waals surface area contributed by atoms with Crippen molar-refractivity contribution in [2.24, 2.45) is 5.41 Å². The first-order chi connectivity index (χ1) is 16.7. The highest BCUT2D eigenvalue weighted by Crippen LogP contribution is 2.30. The third-order valence-corrected chi connectivity index (χ3v) is 5.10. The second-order valence-electron chi connectivity index (χ2n) is 9.90. The summed E-state index contributed by atoms with van der Waals surface area (Å²) in [5.74, 6) is -2.81. The van der Waals surface area contributed by atoms with E-state index in [1.54, 1.807) is 0 Å². The van der Waals surface area contributed by atoms with Gasteiger partial charge in [-0.3, -0.25) is 0 Å². The van der Waals surface area contributed by atoms with E-state index in [2.05, 4.69) is 104 Å². The first kappa shape index (κ1) is 37.9. The molecule has 1 aromatic carbocycles. The van der Waals surface area contributed by atoms with Crippen LogP contribution in [0.25, 0.3) is 6.08 Å². The van der Waals surface area contributed by atoms with Crippen LogP contribution in [0.1, 0.15) is 74.3 Å². The number of benzene rings is 1. The van der Waals surface area contributed by atoms with Gasteiger partial charge in [0.1, 0.15) is 0 Å². The average Bonchev–Trinajstić information content (AvgIpc) is 2.78. The number of para-hydroxylation sites is 1. The van der Waals surface area contributed by atoms with E-state index in [4.69, 9.17) is 15.3 Å². The molecule has 0 aromatic heterocycles. The van der Waals surface area contributed by atoms with Crippen molar-refractivity contribution < 1.29 is 29.7 Å². The molecule has 0 fully saturated rings. The maximum atomic E-state index is 9.60. The Morgan fingerprint density at radius 1 is 0.865 bits per heavy atom. The van der Waals surface area contributed by atoms with Crippen LogP contribution in [0.5, 0.6) is 0 Å². The van der Waals surface area contributed by atoms with E-state index >= 15 is 0 Å². The molecule has 3 N–H and O–H groups in total. The zero-order chi connectivity index (χ0) is 30.1. The van der Waals surface area contributed by atoms with Crippen LogP contribution < -0.4 is 4.90 Å². The molecule has 7 heteroatoms. The van der Waals surface area contributed by atoms with E-state index in [-0.39, 0.29) is 16.7 Å². The number of likely N-dealkylation sites (N-methyl/N-ethyl adjacent to an activating group) is 1. The highest BCUT2D eigenvalue weighted by molar-refractivity contribution is 5.85. The Morgan fingerprint density at radius 3 is 1.43 bits per heavy atom. The van der Waals surface area contributed by atoms with Gasteiger partial charge in [-0.05, 0) is 51.7 Å². The Morgan fingerprint density at radius 2 is 1.16 bits per heavy atom. The molecule has 0 amide bonds. The van der Waals surface area contributed by atoms with Gasteiger partial charge in [0, 0.05) is 35.5 Å². The molecule has 0 saturated heterocycles. The second-order valence-corrected chi connectivity index (χ2v) is 9.90. The Balaban J connectivity index is -0.000000418. The highest BCUT2D eigenvalue weighted by atomic mass is 16.4. The monoisotopic (exact) mass is 517 g/mol. The lowest BCUT2D eigenvalue weighted by Crippen LogP contribution is -2.32. The summed E-state index contributed by atoms with van der Waals surface area (Å²) in [6.45, 7) is 27.2. The summed E-state index contributed by atoms with van der Waals surface area (Å²) in [5, 5.41) is 23.7. The molecule has 0 bridgehead atoms. The van der Waals surface area contributed by atoms with Gasteiger partial charge in [-0.25, -0.2) is 14.4 Å². The third kappa shape index (κ3) is 20.3. The SMILES string of the molecule is C=C(C)C(=O)O.C=C(C)C(=O)O.C=C(C)C(=O)O.CC1=Cc2ccccc2N(C)C1C.CCC(C)(C)C. The molecule has 0 spiro atoms. The van der Waals surface area contributed by atoms with Gasteiger partial charge in [-0.1, -0.05) is 83.7 Å². The molecule has 1 aliphatic heterocycles. The van der Waals surface area contributed by atoms with Gasteiger partial charge in [-0.15, -0.1) is 0 Å². The molecule has 0 radical (unpaired) electrons. The number of nitrogens with zero attached hydrogens (tertiary/aromatic N) is 1. The van der Waals surface area contributed by atoms with Crippen LogP contribution >= 0.6 is 0 Å². The van der Waals surface area contributed by atoms with E-state index in [1.165, 1.54) is 44.0 Å². The van der Waals surface area contributed by atoms with Crippen LogP contribution in [-0.2, 0) is 14.4 Å². The standard InChI is InChI=1S/C12H15N.C6H14.3C4H6O2/c1-9-8-11-6-4-5-7-12(11)13(3)10(9)2;1-5-6(2,3)4;3*1-3(2)4(5)6/h4-8,10H,1-3H3;5H2,1-4H3;3*1H2,2H3,(H,5,6). The fourth-order valence-corrected chi connectivity index (χ4v) is 1.81. The summed E-state index contributed by atoms with van der Waals surface area (Å²) in [5.41, 5.74) is 5.17. The summed E-state index contributed by atoms with van der Waals surface area (Å²) in [6, 6.07) is 9.05. The Bertz CT molecular complexity index is 873. The first-order valence-electron chi connectivity index (χ1n) is 11.9. The maximum absolute atomic E-state index is 9.60. The molecular formula is C30H47NO6. The average molecular weight is 518 g/mol. The molecule has 1 aliphatic rings. The van der Waals surface area contributed by atoms with Crippen LogP contribution in [0, 0.1) is 5.41 Å². The van der Waals surface area contributed by atoms with Gasteiger partial charge < -0.3 is 20.2 Å². The number of anilines is 1. The zero-order valence-electron chi connectivity index (χ0n) is 24.3. The molecule has 37 heavy (non-hydrogen) atoms. The quantitative estimate of drug-likeness (QED) is 0.360. The van der Waals surface area contributed by atoms with Crippen LogP contribution in [0.3, 0.4) is 0 Å². The van der Waals surface area contributed by atoms with E-state index < -0.39 is 17.9 Å². The van der Waals surface area contributed by atoms with Crippen LogP contribution in [0.2, 0.25) is 0 Å². The van der Waals surface area contributed by atoms with Crippen molar-refractivity contribution in [3.05, 3.63) is 71.9 Å². The smallest absolute Gasteiger partial charge is 0.330 e. The number of carboxylic acids is 3. The Kier molecular flexibility index (Phi) is 19.1. The Labute approximate surface area is 223 Å². The predicted molar refractivity (Wildman–Crippen MR) is 155 cm³/mol. The van der Waals surface area contributed by atoms with E-state index in [0.29, 0.717) is 11.5 Å². The van der Waals surface area contributed by atoms with Gasteiger partial charge in [0.05, 0.1) is 0 Å². The van der Waals surface area contributed by atoms with Crippen molar-refractivity contribution in [3.63, 3.8) is 0 Å². The van der Waals surface area contributed by atoms with E-state index in [9.17, 15) is 14.4 Å². The normalized spacial score (nSPS) is 13.0. The lowest BCUT2D eigenvalue weighted by Gasteiger charge is -2.33. The van der Waals surface area contributed by atoms with Crippen LogP contribution in [0.15, 0.2) is 66.3 Å². The molecule has 0 saturated carbocycles. The summed E-state index contributed by atoms with van der Waals surface area (Å²) in [4.78, 5) is 31.1. The minimum atomic E-state index is -0.935. The van der Waals surface area contributed by atoms with Crippen molar-refractivity contribution in [1.29, 1.82) is 0 Å².